The third-order valence-corrected chi connectivity index (χ3v) is 4.78. The van der Waals surface area contributed by atoms with Crippen molar-refractivity contribution in [3.05, 3.63) is 82.9 Å². The molecule has 0 aliphatic carbocycles. The largest absolute Gasteiger partial charge is 0.478 e. The van der Waals surface area contributed by atoms with E-state index < -0.39 is 23.8 Å². The van der Waals surface area contributed by atoms with E-state index in [4.69, 9.17) is 0 Å². The minimum atomic E-state index is -1.21. The molecule has 2 amide bonds. The molecule has 3 aromatic carbocycles. The predicted octanol–water partition coefficient (Wildman–Crippen LogP) is 3.30. The zero-order chi connectivity index (χ0) is 20.7. The standard InChI is InChI=1S/C22H13NO6/c24-19-16-10-9-13(11-5-1-3-7-14(11)21(26)27)17(18(16)20(25)23-19)12-6-2-4-8-15(12)22(28)29/h1-10H,(H,26,27)(H,28,29)(H,23,24,25). The molecule has 29 heavy (non-hydrogen) atoms. The number of hydrogen-bond acceptors (Lipinski definition) is 4. The second-order valence-corrected chi connectivity index (χ2v) is 6.40. The molecule has 7 heteroatoms. The number of rotatable bonds is 4. The maximum absolute atomic E-state index is 12.6. The number of benzene rings is 3. The van der Waals surface area contributed by atoms with Crippen molar-refractivity contribution in [3.8, 4) is 22.3 Å². The first-order valence-corrected chi connectivity index (χ1v) is 8.58. The highest BCUT2D eigenvalue weighted by Crippen LogP contribution is 2.41. The van der Waals surface area contributed by atoms with Crippen molar-refractivity contribution in [2.24, 2.45) is 0 Å². The average molecular weight is 387 g/mol. The van der Waals surface area contributed by atoms with Gasteiger partial charge in [0.05, 0.1) is 22.3 Å². The Labute approximate surface area is 164 Å². The Bertz CT molecular complexity index is 1230. The van der Waals surface area contributed by atoms with Crippen LogP contribution < -0.4 is 5.32 Å². The Morgan fingerprint density at radius 1 is 0.586 bits per heavy atom. The van der Waals surface area contributed by atoms with Crippen LogP contribution in [0.1, 0.15) is 41.4 Å². The van der Waals surface area contributed by atoms with Crippen LogP contribution in [-0.4, -0.2) is 34.0 Å². The summed E-state index contributed by atoms with van der Waals surface area (Å²) in [5.74, 6) is -3.62. The lowest BCUT2D eigenvalue weighted by Crippen LogP contribution is -2.20. The fraction of sp³-hybridized carbons (Fsp3) is 0. The van der Waals surface area contributed by atoms with Gasteiger partial charge in [-0.2, -0.15) is 0 Å². The number of amides is 2. The van der Waals surface area contributed by atoms with Gasteiger partial charge in [0, 0.05) is 5.56 Å². The molecular weight excluding hydrogens is 374 g/mol. The molecule has 7 nitrogen and oxygen atoms in total. The van der Waals surface area contributed by atoms with E-state index in [0.717, 1.165) is 0 Å². The van der Waals surface area contributed by atoms with Gasteiger partial charge in [0.2, 0.25) is 0 Å². The highest BCUT2D eigenvalue weighted by atomic mass is 16.4. The van der Waals surface area contributed by atoms with Crippen LogP contribution in [0.4, 0.5) is 0 Å². The van der Waals surface area contributed by atoms with Crippen LogP contribution >= 0.6 is 0 Å². The summed E-state index contributed by atoms with van der Waals surface area (Å²) in [7, 11) is 0. The Kier molecular flexibility index (Phi) is 4.20. The van der Waals surface area contributed by atoms with Gasteiger partial charge in [0.1, 0.15) is 0 Å². The minimum absolute atomic E-state index is 0.00811. The summed E-state index contributed by atoms with van der Waals surface area (Å²) in [5.41, 5.74) is 1.15. The van der Waals surface area contributed by atoms with Crippen LogP contribution in [0, 0.1) is 0 Å². The molecule has 0 fully saturated rings. The van der Waals surface area contributed by atoms with E-state index in [1.54, 1.807) is 30.3 Å². The van der Waals surface area contributed by atoms with Crippen LogP contribution in [0.2, 0.25) is 0 Å². The summed E-state index contributed by atoms with van der Waals surface area (Å²) >= 11 is 0. The predicted molar refractivity (Wildman–Crippen MR) is 103 cm³/mol. The van der Waals surface area contributed by atoms with Crippen LogP contribution in [0.5, 0.6) is 0 Å². The van der Waals surface area contributed by atoms with Gasteiger partial charge in [0.25, 0.3) is 11.8 Å². The van der Waals surface area contributed by atoms with E-state index in [2.05, 4.69) is 5.32 Å². The monoisotopic (exact) mass is 387 g/mol. The molecule has 0 radical (unpaired) electrons. The molecule has 1 heterocycles. The van der Waals surface area contributed by atoms with Gasteiger partial charge in [-0.3, -0.25) is 14.9 Å². The number of carbonyl (C=O) groups excluding carboxylic acids is 2. The first-order chi connectivity index (χ1) is 13.9. The fourth-order valence-corrected chi connectivity index (χ4v) is 3.56. The quantitative estimate of drug-likeness (QED) is 0.591. The van der Waals surface area contributed by atoms with Gasteiger partial charge in [-0.1, -0.05) is 42.5 Å². The van der Waals surface area contributed by atoms with Gasteiger partial charge < -0.3 is 10.2 Å². The normalized spacial score (nSPS) is 12.4. The summed E-state index contributed by atoms with van der Waals surface area (Å²) in [4.78, 5) is 48.3. The van der Waals surface area contributed by atoms with E-state index >= 15 is 0 Å². The Morgan fingerprint density at radius 3 is 1.72 bits per heavy atom. The third kappa shape index (κ3) is 2.85. The Balaban J connectivity index is 2.15. The second-order valence-electron chi connectivity index (χ2n) is 6.40. The average Bonchev–Trinajstić information content (AvgIpc) is 3.01. The SMILES string of the molecule is O=C(O)c1ccccc1-c1ccc2c(c1-c1ccccc1C(=O)O)C(=O)NC2=O. The summed E-state index contributed by atoms with van der Waals surface area (Å²) in [6.45, 7) is 0. The van der Waals surface area contributed by atoms with Crippen molar-refractivity contribution in [2.45, 2.75) is 0 Å². The fourth-order valence-electron chi connectivity index (χ4n) is 3.56. The zero-order valence-corrected chi connectivity index (χ0v) is 14.8. The number of aromatic carboxylic acids is 2. The zero-order valence-electron chi connectivity index (χ0n) is 14.8. The number of nitrogens with one attached hydrogen (secondary N) is 1. The van der Waals surface area contributed by atoms with E-state index in [1.165, 1.54) is 30.3 Å². The van der Waals surface area contributed by atoms with E-state index in [9.17, 15) is 29.4 Å². The molecule has 3 aromatic rings. The van der Waals surface area contributed by atoms with Crippen molar-refractivity contribution in [1.29, 1.82) is 0 Å². The molecule has 1 aliphatic heterocycles. The van der Waals surface area contributed by atoms with Crippen LogP contribution in [0.25, 0.3) is 22.3 Å². The molecule has 0 bridgehead atoms. The smallest absolute Gasteiger partial charge is 0.336 e. The lowest BCUT2D eigenvalue weighted by molar-refractivity contribution is 0.0686. The number of hydrogen-bond donors (Lipinski definition) is 3. The molecule has 0 saturated carbocycles. The molecule has 0 saturated heterocycles. The van der Waals surface area contributed by atoms with Crippen molar-refractivity contribution in [1.82, 2.24) is 5.32 Å². The lowest BCUT2D eigenvalue weighted by Gasteiger charge is -2.17. The highest BCUT2D eigenvalue weighted by molar-refractivity contribution is 6.26. The summed E-state index contributed by atoms with van der Waals surface area (Å²) in [6.07, 6.45) is 0. The van der Waals surface area contributed by atoms with E-state index in [-0.39, 0.29) is 33.4 Å². The molecule has 0 atom stereocenters. The molecule has 0 aromatic heterocycles. The topological polar surface area (TPSA) is 121 Å². The van der Waals surface area contributed by atoms with Crippen LogP contribution in [-0.2, 0) is 0 Å². The van der Waals surface area contributed by atoms with E-state index in [0.29, 0.717) is 11.1 Å². The minimum Gasteiger partial charge on any atom is -0.478 e. The number of carbonyl (C=O) groups is 4. The van der Waals surface area contributed by atoms with E-state index in [1.807, 2.05) is 0 Å². The van der Waals surface area contributed by atoms with Gasteiger partial charge in [-0.15, -0.1) is 0 Å². The first kappa shape index (κ1) is 18.1. The van der Waals surface area contributed by atoms with Crippen molar-refractivity contribution in [3.63, 3.8) is 0 Å². The first-order valence-electron chi connectivity index (χ1n) is 8.58. The summed E-state index contributed by atoms with van der Waals surface area (Å²) < 4.78 is 0. The Hall–Kier alpha value is -4.26. The number of carboxylic acids is 2. The number of imide groups is 1. The van der Waals surface area contributed by atoms with Gasteiger partial charge in [-0.25, -0.2) is 9.59 Å². The van der Waals surface area contributed by atoms with Crippen molar-refractivity contribution >= 4 is 23.8 Å². The van der Waals surface area contributed by atoms with Crippen molar-refractivity contribution < 1.29 is 29.4 Å². The van der Waals surface area contributed by atoms with Gasteiger partial charge in [0.15, 0.2) is 0 Å². The van der Waals surface area contributed by atoms with Gasteiger partial charge >= 0.3 is 11.9 Å². The molecule has 4 rings (SSSR count). The maximum Gasteiger partial charge on any atom is 0.336 e. The van der Waals surface area contributed by atoms with Gasteiger partial charge in [-0.05, 0) is 34.9 Å². The van der Waals surface area contributed by atoms with Crippen LogP contribution in [0.3, 0.4) is 0 Å². The molecular formula is C22H13NO6. The molecule has 0 spiro atoms. The summed E-state index contributed by atoms with van der Waals surface area (Å²) in [6, 6.07) is 15.3. The molecule has 0 unspecified atom stereocenters. The lowest BCUT2D eigenvalue weighted by atomic mass is 9.85. The molecule has 3 N–H and O–H groups in total. The molecule has 142 valence electrons. The maximum atomic E-state index is 12.6. The highest BCUT2D eigenvalue weighted by Gasteiger charge is 2.33. The van der Waals surface area contributed by atoms with Crippen LogP contribution in [0.15, 0.2) is 60.7 Å². The summed E-state index contributed by atoms with van der Waals surface area (Å²) in [5, 5.41) is 21.4. The Morgan fingerprint density at radius 2 is 1.10 bits per heavy atom. The van der Waals surface area contributed by atoms with Crippen molar-refractivity contribution in [2.75, 3.05) is 0 Å². The number of fused-ring (bicyclic) bond motifs is 1. The third-order valence-electron chi connectivity index (χ3n) is 4.78. The molecule has 1 aliphatic rings. The number of carboxylic acid groups (broad SMARTS) is 2. The second kappa shape index (κ2) is 6.72.